The van der Waals surface area contributed by atoms with Crippen LogP contribution < -0.4 is 0 Å². The third-order valence-electron chi connectivity index (χ3n) is 8.62. The van der Waals surface area contributed by atoms with Crippen molar-refractivity contribution in [3.63, 3.8) is 0 Å². The van der Waals surface area contributed by atoms with Crippen LogP contribution in [-0.4, -0.2) is 28.6 Å². The number of halogens is 1. The molecular formula is C22H33BrO3. The molecule has 3 saturated carbocycles. The average Bonchev–Trinajstić information content (AvgIpc) is 3.26. The maximum atomic E-state index is 11.7. The van der Waals surface area contributed by atoms with Crippen molar-refractivity contribution in [2.24, 2.45) is 34.0 Å². The maximum absolute atomic E-state index is 11.7. The van der Waals surface area contributed by atoms with Crippen LogP contribution in [0.15, 0.2) is 11.6 Å². The van der Waals surface area contributed by atoms with E-state index >= 15 is 0 Å². The van der Waals surface area contributed by atoms with Gasteiger partial charge in [-0.05, 0) is 66.6 Å². The third-order valence-corrected chi connectivity index (χ3v) is 10.0. The molecule has 4 aliphatic rings. The molecule has 0 heterocycles. The quantitative estimate of drug-likeness (QED) is 0.399. The van der Waals surface area contributed by atoms with Crippen molar-refractivity contribution in [2.75, 3.05) is 6.61 Å². The molecule has 26 heavy (non-hydrogen) atoms. The number of rotatable bonds is 3. The number of allylic oxidation sites excluding steroid dienone is 2. The molecule has 1 unspecified atom stereocenters. The molecule has 8 atom stereocenters. The fourth-order valence-corrected chi connectivity index (χ4v) is 7.55. The van der Waals surface area contributed by atoms with Gasteiger partial charge >= 0.3 is 5.97 Å². The van der Waals surface area contributed by atoms with Gasteiger partial charge in [0.2, 0.25) is 0 Å². The second-order valence-corrected chi connectivity index (χ2v) is 11.4. The summed E-state index contributed by atoms with van der Waals surface area (Å²) >= 11 is 3.72. The van der Waals surface area contributed by atoms with E-state index < -0.39 is 0 Å². The Kier molecular flexibility index (Phi) is 4.43. The molecule has 1 N–H and O–H groups in total. The number of hydrogen-bond donors (Lipinski definition) is 1. The summed E-state index contributed by atoms with van der Waals surface area (Å²) in [6.07, 6.45) is 9.54. The van der Waals surface area contributed by atoms with E-state index in [-0.39, 0.29) is 34.3 Å². The summed E-state index contributed by atoms with van der Waals surface area (Å²) in [5.74, 6) is 1.76. The van der Waals surface area contributed by atoms with Gasteiger partial charge in [0, 0.05) is 17.7 Å². The van der Waals surface area contributed by atoms with Crippen LogP contribution in [-0.2, 0) is 9.53 Å². The number of hydrogen-bond acceptors (Lipinski definition) is 3. The number of fused-ring (bicyclic) bond motifs is 5. The van der Waals surface area contributed by atoms with Gasteiger partial charge < -0.3 is 9.84 Å². The minimum Gasteiger partial charge on any atom is -0.462 e. The molecule has 0 spiro atoms. The Morgan fingerprint density at radius 1 is 1.31 bits per heavy atom. The number of carbonyl (C=O) groups is 1. The Balaban J connectivity index is 1.65. The normalized spacial score (nSPS) is 50.6. The molecule has 146 valence electrons. The zero-order valence-electron chi connectivity index (χ0n) is 16.6. The van der Waals surface area contributed by atoms with E-state index in [0.717, 1.165) is 25.2 Å². The predicted molar refractivity (Wildman–Crippen MR) is 106 cm³/mol. The Bertz CT molecular complexity index is 645. The summed E-state index contributed by atoms with van der Waals surface area (Å²) in [5, 5.41) is 9.66. The molecule has 0 aromatic rings. The highest BCUT2D eigenvalue weighted by molar-refractivity contribution is 9.09. The lowest BCUT2D eigenvalue weighted by atomic mass is 9.49. The molecule has 0 radical (unpaired) electrons. The average molecular weight is 425 g/mol. The van der Waals surface area contributed by atoms with Gasteiger partial charge in [0.25, 0.3) is 0 Å². The summed E-state index contributed by atoms with van der Waals surface area (Å²) in [7, 11) is 0. The number of esters is 1. The van der Waals surface area contributed by atoms with E-state index in [2.05, 4.69) is 42.8 Å². The molecular weight excluding hydrogens is 392 g/mol. The van der Waals surface area contributed by atoms with E-state index in [1.165, 1.54) is 19.3 Å². The first-order valence-corrected chi connectivity index (χ1v) is 11.2. The summed E-state index contributed by atoms with van der Waals surface area (Å²) in [5.41, 5.74) is 2.27. The maximum Gasteiger partial charge on any atom is 0.302 e. The molecule has 0 aromatic carbocycles. The van der Waals surface area contributed by atoms with Crippen LogP contribution in [0, 0.1) is 34.0 Å². The van der Waals surface area contributed by atoms with Crippen LogP contribution in [0.3, 0.4) is 0 Å². The fourth-order valence-electron chi connectivity index (χ4n) is 7.17. The second-order valence-electron chi connectivity index (χ2n) is 10.3. The van der Waals surface area contributed by atoms with Gasteiger partial charge in [0.05, 0.1) is 6.61 Å². The molecule has 4 rings (SSSR count). The lowest BCUT2D eigenvalue weighted by Gasteiger charge is -2.57. The summed E-state index contributed by atoms with van der Waals surface area (Å²) in [6, 6.07) is 0. The first-order chi connectivity index (χ1) is 12.1. The van der Waals surface area contributed by atoms with Crippen molar-refractivity contribution >= 4 is 21.9 Å². The SMILES string of the molecule is CC(=O)O[C@@H]1C[C@@]2(C)C3=CC[C@](C)(C(Br)CO)C[C@H]3CC[C@@H]2[C@@]2(C)C[C@@H]12. The van der Waals surface area contributed by atoms with Crippen LogP contribution in [0.25, 0.3) is 0 Å². The number of ether oxygens (including phenoxy) is 1. The first kappa shape index (κ1) is 19.0. The monoisotopic (exact) mass is 424 g/mol. The zero-order chi connectivity index (χ0) is 18.9. The van der Waals surface area contributed by atoms with Gasteiger partial charge in [0.1, 0.15) is 6.10 Å². The Hall–Kier alpha value is -0.350. The second kappa shape index (κ2) is 6.07. The summed E-state index contributed by atoms with van der Waals surface area (Å²) in [4.78, 5) is 11.8. The van der Waals surface area contributed by atoms with Crippen LogP contribution in [0.1, 0.15) is 66.2 Å². The molecule has 0 amide bonds. The van der Waals surface area contributed by atoms with Crippen molar-refractivity contribution < 1.29 is 14.6 Å². The Morgan fingerprint density at radius 2 is 2.04 bits per heavy atom. The lowest BCUT2D eigenvalue weighted by Crippen LogP contribution is -2.51. The summed E-state index contributed by atoms with van der Waals surface area (Å²) in [6.45, 7) is 8.94. The van der Waals surface area contributed by atoms with E-state index in [1.807, 2.05) is 0 Å². The number of aliphatic hydroxyl groups excluding tert-OH is 1. The molecule has 0 saturated heterocycles. The Labute approximate surface area is 166 Å². The van der Waals surface area contributed by atoms with Crippen molar-refractivity contribution in [1.29, 1.82) is 0 Å². The van der Waals surface area contributed by atoms with Gasteiger partial charge in [-0.3, -0.25) is 4.79 Å². The highest BCUT2D eigenvalue weighted by Gasteiger charge is 2.69. The zero-order valence-corrected chi connectivity index (χ0v) is 18.1. The summed E-state index contributed by atoms with van der Waals surface area (Å²) < 4.78 is 5.79. The third kappa shape index (κ3) is 2.65. The van der Waals surface area contributed by atoms with Crippen LogP contribution in [0.5, 0.6) is 0 Å². The Morgan fingerprint density at radius 3 is 2.69 bits per heavy atom. The van der Waals surface area contributed by atoms with Gasteiger partial charge in [-0.2, -0.15) is 0 Å². The van der Waals surface area contributed by atoms with E-state index in [1.54, 1.807) is 12.5 Å². The number of aliphatic hydroxyl groups is 1. The molecule has 4 heteroatoms. The van der Waals surface area contributed by atoms with Crippen LogP contribution in [0.4, 0.5) is 0 Å². The smallest absolute Gasteiger partial charge is 0.302 e. The highest BCUT2D eigenvalue weighted by Crippen LogP contribution is 2.74. The topological polar surface area (TPSA) is 46.5 Å². The van der Waals surface area contributed by atoms with Crippen LogP contribution in [0.2, 0.25) is 0 Å². The van der Waals surface area contributed by atoms with Crippen molar-refractivity contribution in [1.82, 2.24) is 0 Å². The van der Waals surface area contributed by atoms with Gasteiger partial charge in [-0.15, -0.1) is 0 Å². The molecule has 0 bridgehead atoms. The number of alkyl halides is 1. The molecule has 4 aliphatic carbocycles. The number of carbonyl (C=O) groups excluding carboxylic acids is 1. The minimum absolute atomic E-state index is 0.0908. The highest BCUT2D eigenvalue weighted by atomic mass is 79.9. The standard InChI is InChI=1S/C22H33BrO3/c1-13(25)26-17-11-22(4)15-7-8-20(2,19(23)12-24)9-14(15)5-6-18(22)21(3)10-16(17)21/h7,14,16-19,24H,5-6,8-12H2,1-4H3/t14-,16+,17-,18-,19?,20+,21+,22+/m1/s1. The van der Waals surface area contributed by atoms with E-state index in [4.69, 9.17) is 4.74 Å². The van der Waals surface area contributed by atoms with E-state index in [9.17, 15) is 9.90 Å². The lowest BCUT2D eigenvalue weighted by molar-refractivity contribution is -0.154. The fraction of sp³-hybridized carbons (Fsp3) is 0.864. The van der Waals surface area contributed by atoms with Gasteiger partial charge in [-0.25, -0.2) is 0 Å². The van der Waals surface area contributed by atoms with Crippen LogP contribution >= 0.6 is 15.9 Å². The van der Waals surface area contributed by atoms with E-state index in [0.29, 0.717) is 17.3 Å². The minimum atomic E-state index is -0.131. The van der Waals surface area contributed by atoms with Crippen molar-refractivity contribution in [3.05, 3.63) is 11.6 Å². The molecule has 3 nitrogen and oxygen atoms in total. The van der Waals surface area contributed by atoms with Gasteiger partial charge in [-0.1, -0.05) is 48.4 Å². The predicted octanol–water partition coefficient (Wildman–Crippen LogP) is 4.86. The molecule has 3 fully saturated rings. The molecule has 0 aromatic heterocycles. The first-order valence-electron chi connectivity index (χ1n) is 10.3. The van der Waals surface area contributed by atoms with Crippen molar-refractivity contribution in [3.8, 4) is 0 Å². The largest absolute Gasteiger partial charge is 0.462 e. The van der Waals surface area contributed by atoms with Gasteiger partial charge in [0.15, 0.2) is 0 Å². The van der Waals surface area contributed by atoms with Crippen molar-refractivity contribution in [2.45, 2.75) is 77.2 Å². The molecule has 0 aliphatic heterocycles.